The molecule has 1 aliphatic heterocycles. The summed E-state index contributed by atoms with van der Waals surface area (Å²) in [7, 11) is 0. The van der Waals surface area contributed by atoms with Crippen LogP contribution in [0.4, 0.5) is 0 Å². The molecule has 14 heavy (non-hydrogen) atoms. The molecule has 0 bridgehead atoms. The van der Waals surface area contributed by atoms with Crippen molar-refractivity contribution in [2.45, 2.75) is 19.1 Å². The average Bonchev–Trinajstić information content (AvgIpc) is 2.72. The molecule has 2 heteroatoms. The van der Waals surface area contributed by atoms with Crippen molar-refractivity contribution in [1.29, 1.82) is 0 Å². The van der Waals surface area contributed by atoms with E-state index in [1.807, 2.05) is 36.4 Å². The first-order chi connectivity index (χ1) is 6.95. The quantitative estimate of drug-likeness (QED) is 0.682. The molecule has 0 saturated carbocycles. The molecule has 0 amide bonds. The SMILES string of the molecule is C(=C\c1ccccc1)/OC1CCCO1. The molecule has 1 aliphatic rings. The molecule has 2 rings (SSSR count). The molecule has 1 aromatic rings. The van der Waals surface area contributed by atoms with Crippen LogP contribution in [0.2, 0.25) is 0 Å². The molecule has 1 unspecified atom stereocenters. The van der Waals surface area contributed by atoms with E-state index in [2.05, 4.69) is 0 Å². The molecule has 0 aliphatic carbocycles. The largest absolute Gasteiger partial charge is 0.473 e. The van der Waals surface area contributed by atoms with Gasteiger partial charge >= 0.3 is 0 Å². The molecule has 0 N–H and O–H groups in total. The minimum absolute atomic E-state index is 0.0324. The van der Waals surface area contributed by atoms with Gasteiger partial charge in [-0.05, 0) is 18.1 Å². The third kappa shape index (κ3) is 2.60. The normalized spacial score (nSPS) is 21.6. The molecule has 1 saturated heterocycles. The van der Waals surface area contributed by atoms with E-state index in [0.29, 0.717) is 0 Å². The van der Waals surface area contributed by atoms with Crippen molar-refractivity contribution in [3.8, 4) is 0 Å². The van der Waals surface area contributed by atoms with Gasteiger partial charge in [0.1, 0.15) is 0 Å². The van der Waals surface area contributed by atoms with Crippen LogP contribution in [0, 0.1) is 0 Å². The first kappa shape index (κ1) is 9.28. The van der Waals surface area contributed by atoms with Crippen molar-refractivity contribution in [1.82, 2.24) is 0 Å². The monoisotopic (exact) mass is 190 g/mol. The lowest BCUT2D eigenvalue weighted by Crippen LogP contribution is -2.05. The van der Waals surface area contributed by atoms with E-state index in [0.717, 1.165) is 25.0 Å². The smallest absolute Gasteiger partial charge is 0.198 e. The highest BCUT2D eigenvalue weighted by atomic mass is 16.7. The van der Waals surface area contributed by atoms with Crippen LogP contribution in [-0.2, 0) is 9.47 Å². The summed E-state index contributed by atoms with van der Waals surface area (Å²) in [4.78, 5) is 0. The molecule has 2 nitrogen and oxygen atoms in total. The molecule has 0 spiro atoms. The summed E-state index contributed by atoms with van der Waals surface area (Å²) >= 11 is 0. The summed E-state index contributed by atoms with van der Waals surface area (Å²) < 4.78 is 10.7. The van der Waals surface area contributed by atoms with Gasteiger partial charge in [-0.1, -0.05) is 30.3 Å². The Morgan fingerprint density at radius 1 is 1.29 bits per heavy atom. The van der Waals surface area contributed by atoms with Gasteiger partial charge in [-0.15, -0.1) is 0 Å². The minimum atomic E-state index is -0.0324. The van der Waals surface area contributed by atoms with Crippen LogP contribution in [0.15, 0.2) is 36.6 Å². The number of hydrogen-bond acceptors (Lipinski definition) is 2. The Balaban J connectivity index is 1.82. The predicted octanol–water partition coefficient (Wildman–Crippen LogP) is 2.81. The van der Waals surface area contributed by atoms with Gasteiger partial charge < -0.3 is 9.47 Å². The van der Waals surface area contributed by atoms with Gasteiger partial charge in [-0.2, -0.15) is 0 Å². The molecular formula is C12H14O2. The van der Waals surface area contributed by atoms with Crippen molar-refractivity contribution in [3.63, 3.8) is 0 Å². The Kier molecular flexibility index (Phi) is 3.19. The summed E-state index contributed by atoms with van der Waals surface area (Å²) in [6, 6.07) is 10.1. The lowest BCUT2D eigenvalue weighted by atomic mass is 10.2. The fourth-order valence-electron chi connectivity index (χ4n) is 1.43. The Labute approximate surface area is 84.2 Å². The Hall–Kier alpha value is -1.28. The highest BCUT2D eigenvalue weighted by Gasteiger charge is 2.14. The van der Waals surface area contributed by atoms with Gasteiger partial charge in [0.2, 0.25) is 0 Å². The summed E-state index contributed by atoms with van der Waals surface area (Å²) in [6.45, 7) is 0.823. The summed E-state index contributed by atoms with van der Waals surface area (Å²) in [5, 5.41) is 0. The second-order valence-corrected chi connectivity index (χ2v) is 3.29. The van der Waals surface area contributed by atoms with Crippen LogP contribution in [0.5, 0.6) is 0 Å². The summed E-state index contributed by atoms with van der Waals surface area (Å²) in [6.07, 6.45) is 5.73. The minimum Gasteiger partial charge on any atom is -0.473 e. The Bertz CT molecular complexity index is 286. The van der Waals surface area contributed by atoms with Gasteiger partial charge in [0, 0.05) is 6.42 Å². The first-order valence-electron chi connectivity index (χ1n) is 4.94. The molecule has 1 aromatic carbocycles. The maximum Gasteiger partial charge on any atom is 0.198 e. The van der Waals surface area contributed by atoms with E-state index >= 15 is 0 Å². The van der Waals surface area contributed by atoms with Crippen LogP contribution < -0.4 is 0 Å². The van der Waals surface area contributed by atoms with E-state index in [-0.39, 0.29) is 6.29 Å². The van der Waals surface area contributed by atoms with Crippen LogP contribution in [0.1, 0.15) is 18.4 Å². The lowest BCUT2D eigenvalue weighted by molar-refractivity contribution is -0.0674. The molecule has 1 heterocycles. The number of ether oxygens (including phenoxy) is 2. The molecule has 0 aromatic heterocycles. The molecule has 1 fully saturated rings. The first-order valence-corrected chi connectivity index (χ1v) is 4.94. The van der Waals surface area contributed by atoms with Crippen molar-refractivity contribution in [2.24, 2.45) is 0 Å². The number of rotatable bonds is 3. The van der Waals surface area contributed by atoms with Gasteiger partial charge in [0.25, 0.3) is 0 Å². The topological polar surface area (TPSA) is 18.5 Å². The van der Waals surface area contributed by atoms with E-state index in [9.17, 15) is 0 Å². The zero-order chi connectivity index (χ0) is 9.64. The zero-order valence-corrected chi connectivity index (χ0v) is 8.06. The van der Waals surface area contributed by atoms with E-state index in [1.165, 1.54) is 0 Å². The zero-order valence-electron chi connectivity index (χ0n) is 8.06. The van der Waals surface area contributed by atoms with Gasteiger partial charge in [-0.3, -0.25) is 0 Å². The summed E-state index contributed by atoms with van der Waals surface area (Å²) in [5.74, 6) is 0. The van der Waals surface area contributed by atoms with Crippen LogP contribution in [0.3, 0.4) is 0 Å². The third-order valence-electron chi connectivity index (χ3n) is 2.18. The molecule has 74 valence electrons. The van der Waals surface area contributed by atoms with Gasteiger partial charge in [-0.25, -0.2) is 0 Å². The van der Waals surface area contributed by atoms with Crippen molar-refractivity contribution in [2.75, 3.05) is 6.61 Å². The maximum absolute atomic E-state index is 5.40. The van der Waals surface area contributed by atoms with E-state index in [4.69, 9.17) is 9.47 Å². The second kappa shape index (κ2) is 4.82. The lowest BCUT2D eigenvalue weighted by Gasteiger charge is -2.07. The van der Waals surface area contributed by atoms with E-state index in [1.54, 1.807) is 6.26 Å². The number of hydrogen-bond donors (Lipinski definition) is 0. The predicted molar refractivity (Wildman–Crippen MR) is 55.5 cm³/mol. The van der Waals surface area contributed by atoms with E-state index < -0.39 is 0 Å². The fraction of sp³-hybridized carbons (Fsp3) is 0.333. The highest BCUT2D eigenvalue weighted by molar-refractivity contribution is 5.47. The van der Waals surface area contributed by atoms with Crippen molar-refractivity contribution >= 4 is 6.08 Å². The highest BCUT2D eigenvalue weighted by Crippen LogP contribution is 2.13. The third-order valence-corrected chi connectivity index (χ3v) is 2.18. The van der Waals surface area contributed by atoms with Crippen LogP contribution in [-0.4, -0.2) is 12.9 Å². The second-order valence-electron chi connectivity index (χ2n) is 3.29. The van der Waals surface area contributed by atoms with Gasteiger partial charge in [0.05, 0.1) is 12.9 Å². The fourth-order valence-corrected chi connectivity index (χ4v) is 1.43. The summed E-state index contributed by atoms with van der Waals surface area (Å²) in [5.41, 5.74) is 1.14. The van der Waals surface area contributed by atoms with Crippen molar-refractivity contribution < 1.29 is 9.47 Å². The van der Waals surface area contributed by atoms with Crippen LogP contribution >= 0.6 is 0 Å². The maximum atomic E-state index is 5.40. The molecule has 0 radical (unpaired) electrons. The van der Waals surface area contributed by atoms with Crippen LogP contribution in [0.25, 0.3) is 6.08 Å². The standard InChI is InChI=1S/C12H14O2/c1-2-5-11(6-3-1)8-10-14-12-7-4-9-13-12/h1-3,5-6,8,10,12H,4,7,9H2/b10-8+. The molecule has 1 atom stereocenters. The molecular weight excluding hydrogens is 176 g/mol. The Morgan fingerprint density at radius 3 is 2.86 bits per heavy atom. The average molecular weight is 190 g/mol. The van der Waals surface area contributed by atoms with Gasteiger partial charge in [0.15, 0.2) is 6.29 Å². The number of benzene rings is 1. The van der Waals surface area contributed by atoms with Crippen molar-refractivity contribution in [3.05, 3.63) is 42.2 Å². The Morgan fingerprint density at radius 2 is 2.14 bits per heavy atom.